The Bertz CT molecular complexity index is 1090. The van der Waals surface area contributed by atoms with Crippen LogP contribution in [0.1, 0.15) is 48.5 Å². The van der Waals surface area contributed by atoms with E-state index in [0.29, 0.717) is 12.0 Å². The summed E-state index contributed by atoms with van der Waals surface area (Å²) in [6.07, 6.45) is 18.9. The molecular formula is C26H26N2. The highest BCUT2D eigenvalue weighted by molar-refractivity contribution is 5.92. The number of pyridine rings is 1. The molecule has 140 valence electrons. The van der Waals surface area contributed by atoms with Crippen molar-refractivity contribution < 1.29 is 0 Å². The topological polar surface area (TPSA) is 17.8 Å². The van der Waals surface area contributed by atoms with Gasteiger partial charge < -0.3 is 4.57 Å². The average molecular weight is 367 g/mol. The van der Waals surface area contributed by atoms with Gasteiger partial charge in [0.2, 0.25) is 0 Å². The Morgan fingerprint density at radius 3 is 2.93 bits per heavy atom. The predicted octanol–water partition coefficient (Wildman–Crippen LogP) is 6.14. The van der Waals surface area contributed by atoms with Gasteiger partial charge in [0, 0.05) is 23.8 Å². The molecule has 3 heterocycles. The smallest absolute Gasteiger partial charge is 0.0524 e. The summed E-state index contributed by atoms with van der Waals surface area (Å²) in [5, 5.41) is 1.38. The first-order valence-electron chi connectivity index (χ1n) is 10.8. The lowest BCUT2D eigenvalue weighted by Gasteiger charge is -2.36. The third-order valence-electron chi connectivity index (χ3n) is 7.13. The van der Waals surface area contributed by atoms with E-state index < -0.39 is 0 Å². The van der Waals surface area contributed by atoms with E-state index in [0.717, 1.165) is 18.8 Å². The number of rotatable bonds is 2. The first kappa shape index (κ1) is 16.4. The Hall–Kier alpha value is -2.61. The van der Waals surface area contributed by atoms with E-state index in [1.54, 1.807) is 0 Å². The average Bonchev–Trinajstić information content (AvgIpc) is 2.98. The molecule has 3 atom stereocenters. The molecule has 0 N–H and O–H groups in total. The number of fused-ring (bicyclic) bond motifs is 5. The Balaban J connectivity index is 1.40. The number of nitrogens with zero attached hydrogens (tertiary/aromatic N) is 2. The molecule has 3 aromatic rings. The zero-order chi connectivity index (χ0) is 18.5. The summed E-state index contributed by atoms with van der Waals surface area (Å²) in [6.45, 7) is 0. The standard InChI is InChI=1S/C26H26N2/c1-2-5-18(6-3-1)15-19-9-12-24-21(16-19)11-10-20-7-4-8-22-23-17-27-14-13-25(23)28(24)26(20)22/h1-3,5-7,10-11,13-14,17,19,21,24H,4,8-9,12,15-16H2. The van der Waals surface area contributed by atoms with Crippen LogP contribution in [0.15, 0.2) is 67.0 Å². The molecular weight excluding hydrogens is 340 g/mol. The molecule has 28 heavy (non-hydrogen) atoms. The minimum absolute atomic E-state index is 0.584. The van der Waals surface area contributed by atoms with Crippen LogP contribution in [0.4, 0.5) is 0 Å². The fourth-order valence-corrected chi connectivity index (χ4v) is 5.92. The van der Waals surface area contributed by atoms with Crippen LogP contribution in [0, 0.1) is 11.8 Å². The van der Waals surface area contributed by atoms with Crippen molar-refractivity contribution in [2.75, 3.05) is 0 Å². The van der Waals surface area contributed by atoms with Gasteiger partial charge >= 0.3 is 0 Å². The van der Waals surface area contributed by atoms with Crippen molar-refractivity contribution in [3.05, 3.63) is 83.8 Å². The highest BCUT2D eigenvalue weighted by atomic mass is 15.0. The fraction of sp³-hybridized carbons (Fsp3) is 0.346. The van der Waals surface area contributed by atoms with Gasteiger partial charge in [-0.1, -0.05) is 48.6 Å². The minimum atomic E-state index is 0.584. The van der Waals surface area contributed by atoms with Crippen LogP contribution < -0.4 is 0 Å². The Morgan fingerprint density at radius 2 is 2.00 bits per heavy atom. The molecule has 2 heteroatoms. The van der Waals surface area contributed by atoms with E-state index in [1.165, 1.54) is 59.0 Å². The molecule has 0 radical (unpaired) electrons. The summed E-state index contributed by atoms with van der Waals surface area (Å²) in [6, 6.07) is 13.9. The molecule has 1 saturated carbocycles. The van der Waals surface area contributed by atoms with Crippen LogP contribution in [-0.4, -0.2) is 9.55 Å². The van der Waals surface area contributed by atoms with Crippen molar-refractivity contribution in [1.29, 1.82) is 0 Å². The monoisotopic (exact) mass is 366 g/mol. The number of aryl methyl sites for hydroxylation is 1. The Labute approximate surface area is 166 Å². The lowest BCUT2D eigenvalue weighted by molar-refractivity contribution is 0.221. The van der Waals surface area contributed by atoms with Crippen LogP contribution in [-0.2, 0) is 12.8 Å². The zero-order valence-electron chi connectivity index (χ0n) is 16.2. The number of aromatic nitrogens is 2. The number of hydrogen-bond acceptors (Lipinski definition) is 1. The molecule has 6 rings (SSSR count). The normalized spacial score (nSPS) is 25.7. The van der Waals surface area contributed by atoms with Gasteiger partial charge in [-0.3, -0.25) is 4.98 Å². The first-order valence-corrected chi connectivity index (χ1v) is 10.8. The Morgan fingerprint density at radius 1 is 1.07 bits per heavy atom. The molecule has 3 unspecified atom stereocenters. The van der Waals surface area contributed by atoms with Gasteiger partial charge in [0.1, 0.15) is 0 Å². The summed E-state index contributed by atoms with van der Waals surface area (Å²) in [5.41, 5.74) is 7.33. The molecule has 1 aromatic carbocycles. The van der Waals surface area contributed by atoms with Crippen molar-refractivity contribution in [3.8, 4) is 0 Å². The minimum Gasteiger partial charge on any atom is -0.336 e. The Kier molecular flexibility index (Phi) is 3.78. The van der Waals surface area contributed by atoms with E-state index in [2.05, 4.69) is 70.4 Å². The summed E-state index contributed by atoms with van der Waals surface area (Å²) in [4.78, 5) is 4.45. The zero-order valence-corrected chi connectivity index (χ0v) is 16.2. The van der Waals surface area contributed by atoms with Gasteiger partial charge in [-0.25, -0.2) is 0 Å². The van der Waals surface area contributed by atoms with Crippen molar-refractivity contribution in [3.63, 3.8) is 0 Å². The molecule has 2 nitrogen and oxygen atoms in total. The predicted molar refractivity (Wildman–Crippen MR) is 115 cm³/mol. The maximum Gasteiger partial charge on any atom is 0.0524 e. The van der Waals surface area contributed by atoms with Gasteiger partial charge in [-0.2, -0.15) is 0 Å². The number of hydrogen-bond donors (Lipinski definition) is 0. The van der Waals surface area contributed by atoms with Gasteiger partial charge in [-0.05, 0) is 73.1 Å². The first-order chi connectivity index (χ1) is 13.9. The second-order valence-corrected chi connectivity index (χ2v) is 8.75. The van der Waals surface area contributed by atoms with Crippen molar-refractivity contribution in [2.45, 2.75) is 44.6 Å². The maximum atomic E-state index is 4.45. The van der Waals surface area contributed by atoms with Crippen LogP contribution >= 0.6 is 0 Å². The van der Waals surface area contributed by atoms with Gasteiger partial charge in [0.25, 0.3) is 0 Å². The lowest BCUT2D eigenvalue weighted by Crippen LogP contribution is -2.27. The summed E-state index contributed by atoms with van der Waals surface area (Å²) in [5.74, 6) is 1.41. The molecule has 0 amide bonds. The highest BCUT2D eigenvalue weighted by Gasteiger charge is 2.35. The largest absolute Gasteiger partial charge is 0.336 e. The maximum absolute atomic E-state index is 4.45. The van der Waals surface area contributed by atoms with Gasteiger partial charge in [0.05, 0.1) is 11.2 Å². The lowest BCUT2D eigenvalue weighted by atomic mass is 9.75. The van der Waals surface area contributed by atoms with Crippen molar-refractivity contribution in [2.24, 2.45) is 11.8 Å². The SMILES string of the molecule is C1=CC2CC(Cc3ccccc3)CCC2n2c3c(c4cnccc42)CCC=C13. The number of benzene rings is 1. The quantitative estimate of drug-likeness (QED) is 0.533. The molecule has 2 aliphatic carbocycles. The molecule has 1 fully saturated rings. The molecule has 0 bridgehead atoms. The second kappa shape index (κ2) is 6.48. The van der Waals surface area contributed by atoms with E-state index >= 15 is 0 Å². The van der Waals surface area contributed by atoms with Crippen LogP contribution in [0.3, 0.4) is 0 Å². The number of allylic oxidation sites excluding steroid dienone is 4. The fourth-order valence-electron chi connectivity index (χ4n) is 5.92. The van der Waals surface area contributed by atoms with E-state index in [1.807, 2.05) is 6.20 Å². The summed E-state index contributed by atoms with van der Waals surface area (Å²) in [7, 11) is 0. The van der Waals surface area contributed by atoms with E-state index in [-0.39, 0.29) is 0 Å². The van der Waals surface area contributed by atoms with Gasteiger partial charge in [0.15, 0.2) is 0 Å². The van der Waals surface area contributed by atoms with Crippen molar-refractivity contribution in [1.82, 2.24) is 9.55 Å². The van der Waals surface area contributed by atoms with E-state index in [9.17, 15) is 0 Å². The van der Waals surface area contributed by atoms with Crippen LogP contribution in [0.25, 0.3) is 16.5 Å². The molecule has 3 aliphatic rings. The summed E-state index contributed by atoms with van der Waals surface area (Å²) >= 11 is 0. The molecule has 0 saturated heterocycles. The highest BCUT2D eigenvalue weighted by Crippen LogP contribution is 2.47. The van der Waals surface area contributed by atoms with Crippen LogP contribution in [0.2, 0.25) is 0 Å². The third-order valence-corrected chi connectivity index (χ3v) is 7.13. The van der Waals surface area contributed by atoms with E-state index in [4.69, 9.17) is 0 Å². The molecule has 2 aromatic heterocycles. The second-order valence-electron chi connectivity index (χ2n) is 8.75. The third kappa shape index (κ3) is 2.51. The van der Waals surface area contributed by atoms with Crippen molar-refractivity contribution >= 4 is 16.5 Å². The van der Waals surface area contributed by atoms with Crippen LogP contribution in [0.5, 0.6) is 0 Å². The van der Waals surface area contributed by atoms with Gasteiger partial charge in [-0.15, -0.1) is 0 Å². The summed E-state index contributed by atoms with van der Waals surface area (Å²) < 4.78 is 2.70. The molecule has 0 spiro atoms. The molecule has 1 aliphatic heterocycles.